The van der Waals surface area contributed by atoms with Crippen LogP contribution in [0.25, 0.3) is 0 Å². The zero-order chi connectivity index (χ0) is 14.0. The van der Waals surface area contributed by atoms with Crippen LogP contribution in [0.4, 0.5) is 5.69 Å². The number of nitrogens with zero attached hydrogens (tertiary/aromatic N) is 1. The van der Waals surface area contributed by atoms with Crippen molar-refractivity contribution >= 4 is 11.6 Å². The first kappa shape index (κ1) is 12.8. The summed E-state index contributed by atoms with van der Waals surface area (Å²) in [6.07, 6.45) is 3.14. The molecule has 1 aliphatic heterocycles. The van der Waals surface area contributed by atoms with E-state index < -0.39 is 5.41 Å². The third-order valence-corrected chi connectivity index (χ3v) is 3.91. The molecule has 1 amide bonds. The van der Waals surface area contributed by atoms with Crippen LogP contribution in [0, 0.1) is 16.7 Å². The molecule has 1 fully saturated rings. The molecule has 1 N–H and O–H groups in total. The van der Waals surface area contributed by atoms with Gasteiger partial charge in [-0.1, -0.05) is 12.8 Å². The molecule has 1 saturated carbocycles. The molecule has 1 aromatic rings. The van der Waals surface area contributed by atoms with Gasteiger partial charge in [0.2, 0.25) is 5.91 Å². The van der Waals surface area contributed by atoms with Crippen LogP contribution in [0.3, 0.4) is 0 Å². The maximum atomic E-state index is 12.3. The maximum Gasteiger partial charge on any atom is 0.244 e. The Morgan fingerprint density at radius 2 is 1.90 bits per heavy atom. The van der Waals surface area contributed by atoms with E-state index in [4.69, 9.17) is 9.47 Å². The number of nitrogens with one attached hydrogen (secondary N) is 1. The smallest absolute Gasteiger partial charge is 0.244 e. The van der Waals surface area contributed by atoms with Gasteiger partial charge in [0.05, 0.1) is 6.07 Å². The SMILES string of the molecule is N#CC1(C(=O)Nc2ccc3c(c2)OCCO3)CCCC1. The van der Waals surface area contributed by atoms with Gasteiger partial charge in [-0.3, -0.25) is 4.79 Å². The van der Waals surface area contributed by atoms with Gasteiger partial charge in [0, 0.05) is 11.8 Å². The Balaban J connectivity index is 1.78. The molecule has 1 heterocycles. The maximum absolute atomic E-state index is 12.3. The van der Waals surface area contributed by atoms with Crippen LogP contribution in [0.2, 0.25) is 0 Å². The first-order valence-electron chi connectivity index (χ1n) is 6.86. The Hall–Kier alpha value is -2.22. The monoisotopic (exact) mass is 272 g/mol. The number of hydrogen-bond acceptors (Lipinski definition) is 4. The quantitative estimate of drug-likeness (QED) is 0.897. The standard InChI is InChI=1S/C15H16N2O3/c16-10-15(5-1-2-6-15)14(18)17-11-3-4-12-13(9-11)20-8-7-19-12/h3-4,9H,1-2,5-8H2,(H,17,18). The zero-order valence-corrected chi connectivity index (χ0v) is 11.1. The van der Waals surface area contributed by atoms with Crippen molar-refractivity contribution in [3.8, 4) is 17.6 Å². The number of carbonyl (C=O) groups excluding carboxylic acids is 1. The van der Waals surface area contributed by atoms with Crippen LogP contribution in [-0.2, 0) is 4.79 Å². The second kappa shape index (κ2) is 5.04. The number of rotatable bonds is 2. The molecule has 104 valence electrons. The Morgan fingerprint density at radius 1 is 1.20 bits per heavy atom. The minimum Gasteiger partial charge on any atom is -0.486 e. The Kier molecular flexibility index (Phi) is 3.23. The zero-order valence-electron chi connectivity index (χ0n) is 11.1. The molecule has 0 bridgehead atoms. The molecule has 1 aromatic carbocycles. The van der Waals surface area contributed by atoms with E-state index in [0.717, 1.165) is 12.8 Å². The highest BCUT2D eigenvalue weighted by molar-refractivity contribution is 5.97. The summed E-state index contributed by atoms with van der Waals surface area (Å²) in [4.78, 5) is 12.3. The predicted molar refractivity (Wildman–Crippen MR) is 72.6 cm³/mol. The lowest BCUT2D eigenvalue weighted by Gasteiger charge is -2.21. The van der Waals surface area contributed by atoms with Crippen LogP contribution in [-0.4, -0.2) is 19.1 Å². The van der Waals surface area contributed by atoms with E-state index >= 15 is 0 Å². The van der Waals surface area contributed by atoms with Gasteiger partial charge in [-0.25, -0.2) is 0 Å². The first-order chi connectivity index (χ1) is 9.73. The molecule has 0 spiro atoms. The van der Waals surface area contributed by atoms with E-state index in [1.807, 2.05) is 0 Å². The fourth-order valence-electron chi connectivity index (χ4n) is 2.74. The number of ether oxygens (including phenoxy) is 2. The summed E-state index contributed by atoms with van der Waals surface area (Å²) in [6.45, 7) is 1.04. The van der Waals surface area contributed by atoms with Crippen molar-refractivity contribution in [2.45, 2.75) is 25.7 Å². The van der Waals surface area contributed by atoms with Gasteiger partial charge >= 0.3 is 0 Å². The Labute approximate surface area is 117 Å². The number of carbonyl (C=O) groups is 1. The molecule has 0 unspecified atom stereocenters. The van der Waals surface area contributed by atoms with Gasteiger partial charge in [0.25, 0.3) is 0 Å². The van der Waals surface area contributed by atoms with E-state index in [9.17, 15) is 10.1 Å². The summed E-state index contributed by atoms with van der Waals surface area (Å²) in [7, 11) is 0. The third-order valence-electron chi connectivity index (χ3n) is 3.91. The van der Waals surface area contributed by atoms with Crippen molar-refractivity contribution in [1.29, 1.82) is 5.26 Å². The molecule has 5 heteroatoms. The molecule has 5 nitrogen and oxygen atoms in total. The molecular weight excluding hydrogens is 256 g/mol. The molecule has 1 aliphatic carbocycles. The lowest BCUT2D eigenvalue weighted by Crippen LogP contribution is -2.32. The number of anilines is 1. The molecule has 0 aromatic heterocycles. The Morgan fingerprint density at radius 3 is 2.60 bits per heavy atom. The molecule has 3 rings (SSSR count). The summed E-state index contributed by atoms with van der Waals surface area (Å²) in [6, 6.07) is 7.48. The van der Waals surface area contributed by atoms with Crippen LogP contribution < -0.4 is 14.8 Å². The van der Waals surface area contributed by atoms with E-state index in [1.54, 1.807) is 18.2 Å². The predicted octanol–water partition coefficient (Wildman–Crippen LogP) is 2.48. The Bertz CT molecular complexity index is 571. The average molecular weight is 272 g/mol. The highest BCUT2D eigenvalue weighted by atomic mass is 16.6. The van der Waals surface area contributed by atoms with Gasteiger partial charge in [0.1, 0.15) is 18.6 Å². The summed E-state index contributed by atoms with van der Waals surface area (Å²) in [5.41, 5.74) is -0.228. The lowest BCUT2D eigenvalue weighted by atomic mass is 9.87. The van der Waals surface area contributed by atoms with Gasteiger partial charge in [-0.15, -0.1) is 0 Å². The third kappa shape index (κ3) is 2.18. The van der Waals surface area contributed by atoms with Gasteiger partial charge in [-0.05, 0) is 25.0 Å². The van der Waals surface area contributed by atoms with Crippen molar-refractivity contribution in [3.63, 3.8) is 0 Å². The van der Waals surface area contributed by atoms with E-state index in [-0.39, 0.29) is 5.91 Å². The number of nitriles is 1. The molecule has 20 heavy (non-hydrogen) atoms. The van der Waals surface area contributed by atoms with Crippen molar-refractivity contribution in [2.75, 3.05) is 18.5 Å². The van der Waals surface area contributed by atoms with E-state index in [2.05, 4.69) is 11.4 Å². The first-order valence-corrected chi connectivity index (χ1v) is 6.86. The summed E-state index contributed by atoms with van der Waals surface area (Å²) < 4.78 is 10.9. The second-order valence-electron chi connectivity index (χ2n) is 5.21. The summed E-state index contributed by atoms with van der Waals surface area (Å²) >= 11 is 0. The van der Waals surface area contributed by atoms with Crippen molar-refractivity contribution < 1.29 is 14.3 Å². The minimum absolute atomic E-state index is 0.214. The number of hydrogen-bond donors (Lipinski definition) is 1. The number of amides is 1. The largest absolute Gasteiger partial charge is 0.486 e. The normalized spacial score (nSPS) is 19.1. The molecular formula is C15H16N2O3. The van der Waals surface area contributed by atoms with Crippen LogP contribution in [0.5, 0.6) is 11.5 Å². The molecule has 0 radical (unpaired) electrons. The van der Waals surface area contributed by atoms with Crippen molar-refractivity contribution in [1.82, 2.24) is 0 Å². The topological polar surface area (TPSA) is 71.4 Å². The van der Waals surface area contributed by atoms with Gasteiger partial charge in [-0.2, -0.15) is 5.26 Å². The molecule has 2 aliphatic rings. The minimum atomic E-state index is -0.868. The van der Waals surface area contributed by atoms with Crippen LogP contribution in [0.1, 0.15) is 25.7 Å². The average Bonchev–Trinajstić information content (AvgIpc) is 2.97. The highest BCUT2D eigenvalue weighted by Crippen LogP contribution is 2.39. The number of benzene rings is 1. The van der Waals surface area contributed by atoms with Gasteiger partial charge in [0.15, 0.2) is 11.5 Å². The second-order valence-corrected chi connectivity index (χ2v) is 5.21. The summed E-state index contributed by atoms with van der Waals surface area (Å²) in [5, 5.41) is 12.1. The fourth-order valence-corrected chi connectivity index (χ4v) is 2.74. The van der Waals surface area contributed by atoms with Crippen LogP contribution >= 0.6 is 0 Å². The number of fused-ring (bicyclic) bond motifs is 1. The van der Waals surface area contributed by atoms with E-state index in [1.165, 1.54) is 0 Å². The molecule has 0 atom stereocenters. The van der Waals surface area contributed by atoms with Crippen LogP contribution in [0.15, 0.2) is 18.2 Å². The highest BCUT2D eigenvalue weighted by Gasteiger charge is 2.41. The van der Waals surface area contributed by atoms with Crippen molar-refractivity contribution in [3.05, 3.63) is 18.2 Å². The van der Waals surface area contributed by atoms with Crippen molar-refractivity contribution in [2.24, 2.45) is 5.41 Å². The summed E-state index contributed by atoms with van der Waals surface area (Å²) in [5.74, 6) is 1.10. The fraction of sp³-hybridized carbons (Fsp3) is 0.467. The van der Waals surface area contributed by atoms with Gasteiger partial charge < -0.3 is 14.8 Å². The van der Waals surface area contributed by atoms with E-state index in [0.29, 0.717) is 43.2 Å². The molecule has 0 saturated heterocycles. The lowest BCUT2D eigenvalue weighted by molar-refractivity contribution is -0.122.